The number of hydrogen-bond donors (Lipinski definition) is 1. The lowest BCUT2D eigenvalue weighted by atomic mass is 9.94. The number of Topliss-reactive ketones (excluding diaryl/α,β-unsaturated/α-hetero) is 1. The number of hydrogen-bond acceptors (Lipinski definition) is 2. The van der Waals surface area contributed by atoms with Crippen LogP contribution in [0.4, 0.5) is 0 Å². The van der Waals surface area contributed by atoms with Crippen molar-refractivity contribution in [3.05, 3.63) is 34.9 Å². The first-order valence-corrected chi connectivity index (χ1v) is 5.92. The van der Waals surface area contributed by atoms with E-state index in [4.69, 9.17) is 5.73 Å². The molecule has 0 amide bonds. The number of nitrogens with two attached hydrogens (primary N) is 1. The van der Waals surface area contributed by atoms with Crippen LogP contribution in [0.3, 0.4) is 0 Å². The van der Waals surface area contributed by atoms with Gasteiger partial charge in [-0.2, -0.15) is 0 Å². The Kier molecular flexibility index (Phi) is 4.69. The fourth-order valence-electron chi connectivity index (χ4n) is 1.70. The van der Waals surface area contributed by atoms with Gasteiger partial charge in [-0.3, -0.25) is 4.79 Å². The van der Waals surface area contributed by atoms with Crippen LogP contribution in [0.15, 0.2) is 18.2 Å². The van der Waals surface area contributed by atoms with Crippen molar-refractivity contribution >= 4 is 5.78 Å². The highest BCUT2D eigenvalue weighted by molar-refractivity contribution is 5.82. The fraction of sp³-hybridized carbons (Fsp3) is 0.500. The van der Waals surface area contributed by atoms with Crippen molar-refractivity contribution in [2.45, 2.75) is 40.2 Å². The highest BCUT2D eigenvalue weighted by Crippen LogP contribution is 2.15. The van der Waals surface area contributed by atoms with Crippen LogP contribution >= 0.6 is 0 Å². The highest BCUT2D eigenvalue weighted by atomic mass is 16.1. The Morgan fingerprint density at radius 1 is 1.31 bits per heavy atom. The average molecular weight is 219 g/mol. The maximum absolute atomic E-state index is 11.7. The van der Waals surface area contributed by atoms with Crippen LogP contribution in [0, 0.1) is 5.92 Å². The van der Waals surface area contributed by atoms with E-state index in [-0.39, 0.29) is 5.92 Å². The maximum Gasteiger partial charge on any atom is 0.139 e. The number of rotatable bonds is 5. The standard InChI is InChI=1S/C14H21NO/c1-4-12-7-11(9-15)5-6-13(12)8-14(16)10(2)3/h5-7,10H,4,8-9,15H2,1-3H3. The van der Waals surface area contributed by atoms with Crippen LogP contribution in [0.5, 0.6) is 0 Å². The summed E-state index contributed by atoms with van der Waals surface area (Å²) in [4.78, 5) is 11.7. The monoisotopic (exact) mass is 219 g/mol. The van der Waals surface area contributed by atoms with Crippen molar-refractivity contribution in [3.8, 4) is 0 Å². The molecule has 0 heterocycles. The van der Waals surface area contributed by atoms with E-state index in [2.05, 4.69) is 13.0 Å². The average Bonchev–Trinajstić information content (AvgIpc) is 2.29. The molecule has 0 saturated heterocycles. The number of aryl methyl sites for hydroxylation is 1. The fourth-order valence-corrected chi connectivity index (χ4v) is 1.70. The molecule has 88 valence electrons. The van der Waals surface area contributed by atoms with Crippen molar-refractivity contribution in [2.24, 2.45) is 11.7 Å². The van der Waals surface area contributed by atoms with Crippen LogP contribution in [0.1, 0.15) is 37.5 Å². The molecule has 0 aromatic heterocycles. The molecule has 0 unspecified atom stereocenters. The van der Waals surface area contributed by atoms with E-state index in [1.807, 2.05) is 26.0 Å². The van der Waals surface area contributed by atoms with Gasteiger partial charge in [-0.1, -0.05) is 39.0 Å². The van der Waals surface area contributed by atoms with E-state index in [9.17, 15) is 4.79 Å². The minimum absolute atomic E-state index is 0.110. The van der Waals surface area contributed by atoms with Gasteiger partial charge in [-0.05, 0) is 23.1 Å². The Bertz CT molecular complexity index is 369. The Labute approximate surface area is 97.9 Å². The van der Waals surface area contributed by atoms with Crippen molar-refractivity contribution < 1.29 is 4.79 Å². The lowest BCUT2D eigenvalue weighted by Gasteiger charge is -2.10. The van der Waals surface area contributed by atoms with Gasteiger partial charge in [0.25, 0.3) is 0 Å². The third-order valence-electron chi connectivity index (χ3n) is 2.90. The predicted octanol–water partition coefficient (Wildman–Crippen LogP) is 2.48. The van der Waals surface area contributed by atoms with E-state index < -0.39 is 0 Å². The van der Waals surface area contributed by atoms with E-state index in [1.165, 1.54) is 5.56 Å². The van der Waals surface area contributed by atoms with Crippen LogP contribution in [0.25, 0.3) is 0 Å². The maximum atomic E-state index is 11.7. The smallest absolute Gasteiger partial charge is 0.139 e. The second-order valence-corrected chi connectivity index (χ2v) is 4.46. The lowest BCUT2D eigenvalue weighted by molar-refractivity contribution is -0.121. The zero-order valence-electron chi connectivity index (χ0n) is 10.4. The summed E-state index contributed by atoms with van der Waals surface area (Å²) < 4.78 is 0. The second kappa shape index (κ2) is 5.80. The minimum atomic E-state index is 0.110. The Morgan fingerprint density at radius 3 is 2.50 bits per heavy atom. The molecular formula is C14H21NO. The van der Waals surface area contributed by atoms with Crippen molar-refractivity contribution in [3.63, 3.8) is 0 Å². The number of carbonyl (C=O) groups is 1. The Hall–Kier alpha value is -1.15. The summed E-state index contributed by atoms with van der Waals surface area (Å²) >= 11 is 0. The molecule has 1 aromatic carbocycles. The van der Waals surface area contributed by atoms with Gasteiger partial charge in [0.2, 0.25) is 0 Å². The second-order valence-electron chi connectivity index (χ2n) is 4.46. The summed E-state index contributed by atoms with van der Waals surface area (Å²) in [6.07, 6.45) is 1.50. The summed E-state index contributed by atoms with van der Waals surface area (Å²) in [7, 11) is 0. The third-order valence-corrected chi connectivity index (χ3v) is 2.90. The molecule has 0 radical (unpaired) electrons. The van der Waals surface area contributed by atoms with E-state index in [0.717, 1.165) is 17.5 Å². The molecular weight excluding hydrogens is 198 g/mol. The predicted molar refractivity (Wildman–Crippen MR) is 67.3 cm³/mol. The largest absolute Gasteiger partial charge is 0.326 e. The number of carbonyl (C=O) groups excluding carboxylic acids is 1. The molecule has 1 aromatic rings. The topological polar surface area (TPSA) is 43.1 Å². The lowest BCUT2D eigenvalue weighted by Crippen LogP contribution is -2.12. The van der Waals surface area contributed by atoms with Crippen LogP contribution in [-0.2, 0) is 24.2 Å². The summed E-state index contributed by atoms with van der Waals surface area (Å²) in [5.41, 5.74) is 9.14. The molecule has 2 heteroatoms. The van der Waals surface area contributed by atoms with Gasteiger partial charge in [0, 0.05) is 18.9 Å². The number of ketones is 1. The molecule has 0 fully saturated rings. The molecule has 0 aliphatic heterocycles. The molecule has 2 nitrogen and oxygen atoms in total. The van der Waals surface area contributed by atoms with Crippen LogP contribution in [-0.4, -0.2) is 5.78 Å². The molecule has 0 aliphatic carbocycles. The molecule has 1 rings (SSSR count). The van der Waals surface area contributed by atoms with E-state index in [0.29, 0.717) is 18.7 Å². The number of benzene rings is 1. The van der Waals surface area contributed by atoms with Gasteiger partial charge in [-0.15, -0.1) is 0 Å². The minimum Gasteiger partial charge on any atom is -0.326 e. The van der Waals surface area contributed by atoms with Gasteiger partial charge in [0.15, 0.2) is 0 Å². The SMILES string of the molecule is CCc1cc(CN)ccc1CC(=O)C(C)C. The first-order valence-electron chi connectivity index (χ1n) is 5.92. The molecule has 0 saturated carbocycles. The van der Waals surface area contributed by atoms with Gasteiger partial charge in [-0.25, -0.2) is 0 Å². The molecule has 16 heavy (non-hydrogen) atoms. The molecule has 2 N–H and O–H groups in total. The Morgan fingerprint density at radius 2 is 2.00 bits per heavy atom. The van der Waals surface area contributed by atoms with Crippen LogP contribution < -0.4 is 5.73 Å². The van der Waals surface area contributed by atoms with Crippen molar-refractivity contribution in [1.29, 1.82) is 0 Å². The quantitative estimate of drug-likeness (QED) is 0.826. The summed E-state index contributed by atoms with van der Waals surface area (Å²) in [6, 6.07) is 6.17. The zero-order chi connectivity index (χ0) is 12.1. The molecule has 0 spiro atoms. The van der Waals surface area contributed by atoms with Crippen LogP contribution in [0.2, 0.25) is 0 Å². The summed E-state index contributed by atoms with van der Waals surface area (Å²) in [5.74, 6) is 0.411. The van der Waals surface area contributed by atoms with E-state index in [1.54, 1.807) is 0 Å². The van der Waals surface area contributed by atoms with Gasteiger partial charge < -0.3 is 5.73 Å². The first kappa shape index (κ1) is 12.9. The van der Waals surface area contributed by atoms with Crippen molar-refractivity contribution in [2.75, 3.05) is 0 Å². The summed E-state index contributed by atoms with van der Waals surface area (Å²) in [6.45, 7) is 6.56. The highest BCUT2D eigenvalue weighted by Gasteiger charge is 2.10. The summed E-state index contributed by atoms with van der Waals surface area (Å²) in [5, 5.41) is 0. The zero-order valence-corrected chi connectivity index (χ0v) is 10.4. The van der Waals surface area contributed by atoms with Gasteiger partial charge in [0.1, 0.15) is 5.78 Å². The third kappa shape index (κ3) is 3.17. The first-order chi connectivity index (χ1) is 7.58. The molecule has 0 aliphatic rings. The molecule has 0 atom stereocenters. The van der Waals surface area contributed by atoms with Crippen molar-refractivity contribution in [1.82, 2.24) is 0 Å². The van der Waals surface area contributed by atoms with Gasteiger partial charge >= 0.3 is 0 Å². The normalized spacial score (nSPS) is 10.8. The molecule has 0 bridgehead atoms. The Balaban J connectivity index is 2.91. The van der Waals surface area contributed by atoms with E-state index >= 15 is 0 Å². The van der Waals surface area contributed by atoms with Gasteiger partial charge in [0.05, 0.1) is 0 Å².